The quantitative estimate of drug-likeness (QED) is 0.176. The van der Waals surface area contributed by atoms with Crippen LogP contribution in [-0.2, 0) is 0 Å². The van der Waals surface area contributed by atoms with E-state index in [1.54, 1.807) is 0 Å². The van der Waals surface area contributed by atoms with E-state index in [9.17, 15) is 5.26 Å². The highest BCUT2D eigenvalue weighted by atomic mass is 16.3. The number of nitrogens with zero attached hydrogens (tertiary/aromatic N) is 4. The van der Waals surface area contributed by atoms with Gasteiger partial charge in [-0.15, -0.1) is 0 Å². The van der Waals surface area contributed by atoms with E-state index in [1.165, 1.54) is 0 Å². The average Bonchev–Trinajstić information content (AvgIpc) is 3.60. The number of hydrogen-bond acceptors (Lipinski definition) is 5. The van der Waals surface area contributed by atoms with Crippen molar-refractivity contribution in [3.8, 4) is 73.6 Å². The zero-order chi connectivity index (χ0) is 35.0. The van der Waals surface area contributed by atoms with Crippen molar-refractivity contribution >= 4 is 21.9 Å². The number of rotatable bonds is 6. The number of aromatic nitrogens is 3. The second kappa shape index (κ2) is 12.9. The molecule has 9 aromatic rings. The van der Waals surface area contributed by atoms with Crippen molar-refractivity contribution in [2.24, 2.45) is 0 Å². The third-order valence-electron chi connectivity index (χ3n) is 9.42. The maximum Gasteiger partial charge on any atom is 0.164 e. The molecule has 2 heterocycles. The molecule has 0 fully saturated rings. The molecular formula is C47H30N4O. The lowest BCUT2D eigenvalue weighted by atomic mass is 9.96. The van der Waals surface area contributed by atoms with Crippen LogP contribution in [0.25, 0.3) is 89.5 Å². The summed E-state index contributed by atoms with van der Waals surface area (Å²) in [6, 6.07) is 57.7. The normalized spacial score (nSPS) is 11.2. The minimum absolute atomic E-state index is 0.578. The molecule has 0 radical (unpaired) electrons. The van der Waals surface area contributed by atoms with Crippen molar-refractivity contribution < 1.29 is 4.42 Å². The van der Waals surface area contributed by atoms with E-state index in [0.29, 0.717) is 23.0 Å². The molecule has 0 aliphatic heterocycles. The summed E-state index contributed by atoms with van der Waals surface area (Å²) in [5.74, 6) is 1.78. The predicted molar refractivity (Wildman–Crippen MR) is 209 cm³/mol. The van der Waals surface area contributed by atoms with E-state index < -0.39 is 0 Å². The Morgan fingerprint density at radius 1 is 0.462 bits per heavy atom. The molecule has 0 aliphatic carbocycles. The highest BCUT2D eigenvalue weighted by Gasteiger charge is 2.19. The Morgan fingerprint density at radius 2 is 1.00 bits per heavy atom. The first-order valence-electron chi connectivity index (χ1n) is 17.2. The summed E-state index contributed by atoms with van der Waals surface area (Å²) in [5.41, 5.74) is 12.4. The molecule has 244 valence electrons. The van der Waals surface area contributed by atoms with Gasteiger partial charge in [0.1, 0.15) is 11.2 Å². The molecular weight excluding hydrogens is 637 g/mol. The fraction of sp³-hybridized carbons (Fsp3) is 0.0213. The first-order valence-corrected chi connectivity index (χ1v) is 17.2. The SMILES string of the molecule is Cc1cc(C#N)cc(-c2ccc(-c3cccc4c3oc3cccc(-c5nc(-c6ccccc6)nc(-c6ccc(-c7ccccc7)cc6)n5)c34)cc2)c1. The lowest BCUT2D eigenvalue weighted by Crippen LogP contribution is -2.00. The van der Waals surface area contributed by atoms with Crippen LogP contribution < -0.4 is 0 Å². The summed E-state index contributed by atoms with van der Waals surface area (Å²) in [6.07, 6.45) is 0. The maximum absolute atomic E-state index is 9.48. The Labute approximate surface area is 301 Å². The summed E-state index contributed by atoms with van der Waals surface area (Å²) in [6.45, 7) is 2.01. The Balaban J connectivity index is 1.16. The monoisotopic (exact) mass is 666 g/mol. The van der Waals surface area contributed by atoms with Crippen molar-refractivity contribution in [1.29, 1.82) is 5.26 Å². The van der Waals surface area contributed by atoms with Gasteiger partial charge in [-0.1, -0.05) is 146 Å². The Kier molecular flexibility index (Phi) is 7.68. The highest BCUT2D eigenvalue weighted by Crippen LogP contribution is 2.41. The molecule has 7 aromatic carbocycles. The summed E-state index contributed by atoms with van der Waals surface area (Å²) in [7, 11) is 0. The van der Waals surface area contributed by atoms with Gasteiger partial charge in [-0.2, -0.15) is 5.26 Å². The van der Waals surface area contributed by atoms with Crippen molar-refractivity contribution in [2.45, 2.75) is 6.92 Å². The van der Waals surface area contributed by atoms with E-state index in [1.807, 2.05) is 79.7 Å². The van der Waals surface area contributed by atoms with E-state index in [4.69, 9.17) is 19.4 Å². The molecule has 0 unspecified atom stereocenters. The van der Waals surface area contributed by atoms with Crippen LogP contribution in [0.15, 0.2) is 168 Å². The van der Waals surface area contributed by atoms with Crippen LogP contribution in [0.3, 0.4) is 0 Å². The van der Waals surface area contributed by atoms with Crippen LogP contribution in [0.1, 0.15) is 11.1 Å². The number of furan rings is 1. The van der Waals surface area contributed by atoms with Gasteiger partial charge < -0.3 is 4.42 Å². The number of nitriles is 1. The molecule has 0 atom stereocenters. The van der Waals surface area contributed by atoms with E-state index in [2.05, 4.69) is 97.1 Å². The second-order valence-electron chi connectivity index (χ2n) is 12.9. The minimum atomic E-state index is 0.578. The molecule has 0 N–H and O–H groups in total. The van der Waals surface area contributed by atoms with Crippen molar-refractivity contribution in [1.82, 2.24) is 15.0 Å². The van der Waals surface area contributed by atoms with Gasteiger partial charge in [0.25, 0.3) is 0 Å². The molecule has 52 heavy (non-hydrogen) atoms. The van der Waals surface area contributed by atoms with Crippen LogP contribution in [0.5, 0.6) is 0 Å². The van der Waals surface area contributed by atoms with Gasteiger partial charge in [0.15, 0.2) is 17.5 Å². The van der Waals surface area contributed by atoms with Gasteiger partial charge in [0.2, 0.25) is 0 Å². The molecule has 0 bridgehead atoms. The largest absolute Gasteiger partial charge is 0.455 e. The topological polar surface area (TPSA) is 75.6 Å². The molecule has 0 saturated carbocycles. The molecule has 0 amide bonds. The lowest BCUT2D eigenvalue weighted by molar-refractivity contribution is 0.670. The number of aryl methyl sites for hydroxylation is 1. The summed E-state index contributed by atoms with van der Waals surface area (Å²) >= 11 is 0. The van der Waals surface area contributed by atoms with Gasteiger partial charge in [-0.05, 0) is 58.5 Å². The third-order valence-corrected chi connectivity index (χ3v) is 9.42. The molecule has 5 nitrogen and oxygen atoms in total. The molecule has 0 saturated heterocycles. The summed E-state index contributed by atoms with van der Waals surface area (Å²) < 4.78 is 6.64. The number of benzene rings is 7. The van der Waals surface area contributed by atoms with Crippen LogP contribution >= 0.6 is 0 Å². The average molecular weight is 667 g/mol. The smallest absolute Gasteiger partial charge is 0.164 e. The highest BCUT2D eigenvalue weighted by molar-refractivity contribution is 6.15. The second-order valence-corrected chi connectivity index (χ2v) is 12.9. The summed E-state index contributed by atoms with van der Waals surface area (Å²) in [4.78, 5) is 15.1. The first-order chi connectivity index (χ1) is 25.6. The fourth-order valence-corrected chi connectivity index (χ4v) is 6.90. The number of hydrogen-bond donors (Lipinski definition) is 0. The van der Waals surface area contributed by atoms with Crippen molar-refractivity contribution in [3.63, 3.8) is 0 Å². The zero-order valence-electron chi connectivity index (χ0n) is 28.3. The first kappa shape index (κ1) is 30.9. The Bertz CT molecular complexity index is 2780. The van der Waals surface area contributed by atoms with Crippen molar-refractivity contribution in [3.05, 3.63) is 175 Å². The minimum Gasteiger partial charge on any atom is -0.455 e. The molecule has 0 aliphatic rings. The van der Waals surface area contributed by atoms with Gasteiger partial charge in [-0.25, -0.2) is 15.0 Å². The Hall–Kier alpha value is -7.16. The van der Waals surface area contributed by atoms with E-state index in [0.717, 1.165) is 77.6 Å². The van der Waals surface area contributed by atoms with Gasteiger partial charge >= 0.3 is 0 Å². The predicted octanol–water partition coefficient (Wildman–Crippen LogP) is 12.0. The third kappa shape index (κ3) is 5.69. The fourth-order valence-electron chi connectivity index (χ4n) is 6.90. The molecule has 0 spiro atoms. The molecule has 5 heteroatoms. The lowest BCUT2D eigenvalue weighted by Gasteiger charge is -2.10. The van der Waals surface area contributed by atoms with Crippen LogP contribution in [0.4, 0.5) is 0 Å². The van der Waals surface area contributed by atoms with E-state index >= 15 is 0 Å². The molecule has 2 aromatic heterocycles. The van der Waals surface area contributed by atoms with Gasteiger partial charge in [0.05, 0.1) is 11.6 Å². The molecule has 9 rings (SSSR count). The Morgan fingerprint density at radius 3 is 1.69 bits per heavy atom. The standard InChI is InChI=1S/C47H30N4O/c1-30-26-31(29-48)28-38(27-30)34-18-22-35(23-19-34)39-14-8-15-40-43-41(16-9-17-42(43)52-44(39)40)47-50-45(36-12-6-3-7-13-36)49-46(51-47)37-24-20-33(21-25-37)32-10-4-2-5-11-32/h2-28H,1H3. The van der Waals surface area contributed by atoms with Gasteiger partial charge in [-0.3, -0.25) is 0 Å². The van der Waals surface area contributed by atoms with Crippen LogP contribution in [-0.4, -0.2) is 15.0 Å². The van der Waals surface area contributed by atoms with Gasteiger partial charge in [0, 0.05) is 33.0 Å². The number of fused-ring (bicyclic) bond motifs is 3. The van der Waals surface area contributed by atoms with Crippen LogP contribution in [0, 0.1) is 18.3 Å². The summed E-state index contributed by atoms with van der Waals surface area (Å²) in [5, 5.41) is 11.4. The van der Waals surface area contributed by atoms with Crippen LogP contribution in [0.2, 0.25) is 0 Å². The number of para-hydroxylation sites is 1. The van der Waals surface area contributed by atoms with Crippen molar-refractivity contribution in [2.75, 3.05) is 0 Å². The zero-order valence-corrected chi connectivity index (χ0v) is 28.3. The van der Waals surface area contributed by atoms with E-state index in [-0.39, 0.29) is 0 Å². The maximum atomic E-state index is 9.48.